The molecule has 1 aromatic carbocycles. The number of hydrogen-bond acceptors (Lipinski definition) is 9. The number of aryl methyl sites for hydroxylation is 1. The van der Waals surface area contributed by atoms with Gasteiger partial charge < -0.3 is 40.1 Å². The molecule has 1 aliphatic heterocycles. The summed E-state index contributed by atoms with van der Waals surface area (Å²) < 4.78 is 11.4. The molecule has 1 heterocycles. The van der Waals surface area contributed by atoms with Crippen molar-refractivity contribution in [2.75, 3.05) is 19.8 Å². The zero-order valence-corrected chi connectivity index (χ0v) is 17.3. The van der Waals surface area contributed by atoms with Crippen LogP contribution in [-0.4, -0.2) is 86.9 Å². The second-order valence-electron chi connectivity index (χ2n) is 8.35. The van der Waals surface area contributed by atoms with Crippen molar-refractivity contribution in [2.24, 2.45) is 5.41 Å². The Bertz CT molecular complexity index is 808. The number of ketones is 1. The maximum absolute atomic E-state index is 13.3. The van der Waals surface area contributed by atoms with Crippen molar-refractivity contribution in [2.45, 2.75) is 64.0 Å². The van der Waals surface area contributed by atoms with Gasteiger partial charge in [0.25, 0.3) is 0 Å². The Morgan fingerprint density at radius 1 is 1.10 bits per heavy atom. The van der Waals surface area contributed by atoms with Crippen LogP contribution >= 0.6 is 0 Å². The Morgan fingerprint density at radius 2 is 1.77 bits per heavy atom. The molecule has 6 N–H and O–H groups in total. The normalized spacial score (nSPS) is 36.2. The van der Waals surface area contributed by atoms with E-state index in [1.165, 1.54) is 0 Å². The van der Waals surface area contributed by atoms with Crippen molar-refractivity contribution in [3.63, 3.8) is 0 Å². The van der Waals surface area contributed by atoms with E-state index in [-0.39, 0.29) is 12.4 Å². The lowest BCUT2D eigenvalue weighted by Gasteiger charge is -2.42. The topological polar surface area (TPSA) is 157 Å². The van der Waals surface area contributed by atoms with Crippen LogP contribution in [0.25, 0.3) is 0 Å². The van der Waals surface area contributed by atoms with E-state index in [0.717, 1.165) is 11.1 Å². The standard InChI is InChI=1S/C21H30O9/c1-9-6-12-14(10(2)11(9)4-5-22)18(28)21(3,8-24)19(12)30-20-17(27)16(26)15(25)13(7-23)29-20/h6,13,15-17,19-20,22-27H,4-5,7-8H2,1-3H3/t13-,15-,16+,17-,19-,20+,21+/m1/s1. The third kappa shape index (κ3) is 3.49. The summed E-state index contributed by atoms with van der Waals surface area (Å²) in [5.41, 5.74) is 1.94. The summed E-state index contributed by atoms with van der Waals surface area (Å²) in [6.07, 6.45) is -7.97. The van der Waals surface area contributed by atoms with E-state index < -0.39 is 55.4 Å². The molecule has 7 atom stereocenters. The Labute approximate surface area is 174 Å². The summed E-state index contributed by atoms with van der Waals surface area (Å²) in [6, 6.07) is 1.76. The highest BCUT2D eigenvalue weighted by Gasteiger charge is 2.54. The maximum atomic E-state index is 13.3. The molecule has 168 valence electrons. The first kappa shape index (κ1) is 23.2. The van der Waals surface area contributed by atoms with E-state index in [1.54, 1.807) is 19.9 Å². The predicted octanol–water partition coefficient (Wildman–Crippen LogP) is -1.11. The highest BCUT2D eigenvalue weighted by Crippen LogP contribution is 2.50. The number of carbonyl (C=O) groups is 1. The van der Waals surface area contributed by atoms with Crippen molar-refractivity contribution in [1.29, 1.82) is 0 Å². The first-order valence-electron chi connectivity index (χ1n) is 9.97. The lowest BCUT2D eigenvalue weighted by Crippen LogP contribution is -2.59. The fourth-order valence-corrected chi connectivity index (χ4v) is 4.50. The van der Waals surface area contributed by atoms with Crippen LogP contribution in [0.4, 0.5) is 0 Å². The minimum absolute atomic E-state index is 0.0727. The lowest BCUT2D eigenvalue weighted by atomic mass is 9.84. The SMILES string of the molecule is Cc1cc2c(c(C)c1CCO)C(=O)[C@](C)(CO)[C@@H]2O[C@@H]1O[C@H](CO)[C@@H](O)[C@H](O)[C@H]1O. The summed E-state index contributed by atoms with van der Waals surface area (Å²) in [7, 11) is 0. The molecule has 0 bridgehead atoms. The van der Waals surface area contributed by atoms with Gasteiger partial charge in [-0.25, -0.2) is 0 Å². The average Bonchev–Trinajstić information content (AvgIpc) is 2.93. The Kier molecular flexibility index (Phi) is 6.66. The molecule has 30 heavy (non-hydrogen) atoms. The van der Waals surface area contributed by atoms with Crippen molar-refractivity contribution in [3.8, 4) is 0 Å². The molecular weight excluding hydrogens is 396 g/mol. The zero-order chi connectivity index (χ0) is 22.4. The van der Waals surface area contributed by atoms with E-state index in [4.69, 9.17) is 9.47 Å². The van der Waals surface area contributed by atoms with E-state index in [9.17, 15) is 35.4 Å². The fourth-order valence-electron chi connectivity index (χ4n) is 4.50. The summed E-state index contributed by atoms with van der Waals surface area (Å²) in [5, 5.41) is 59.2. The molecule has 3 rings (SSSR count). The van der Waals surface area contributed by atoms with Crippen LogP contribution in [0.1, 0.15) is 45.6 Å². The highest BCUT2D eigenvalue weighted by atomic mass is 16.7. The number of aliphatic hydroxyl groups is 6. The van der Waals surface area contributed by atoms with Gasteiger partial charge in [-0.15, -0.1) is 0 Å². The molecular formula is C21H30O9. The Morgan fingerprint density at radius 3 is 2.33 bits per heavy atom. The fraction of sp³-hybridized carbons (Fsp3) is 0.667. The van der Waals surface area contributed by atoms with Crippen LogP contribution in [0.5, 0.6) is 0 Å². The van der Waals surface area contributed by atoms with Crippen LogP contribution < -0.4 is 0 Å². The molecule has 0 saturated carbocycles. The molecule has 2 aliphatic rings. The molecule has 1 saturated heterocycles. The molecule has 0 amide bonds. The third-order valence-electron chi connectivity index (χ3n) is 6.38. The van der Waals surface area contributed by atoms with E-state index in [0.29, 0.717) is 23.1 Å². The van der Waals surface area contributed by atoms with Gasteiger partial charge in [-0.1, -0.05) is 6.07 Å². The Hall–Kier alpha value is -1.43. The minimum Gasteiger partial charge on any atom is -0.396 e. The number of ether oxygens (including phenoxy) is 2. The lowest BCUT2D eigenvalue weighted by molar-refractivity contribution is -0.318. The zero-order valence-electron chi connectivity index (χ0n) is 17.3. The molecule has 0 radical (unpaired) electrons. The highest BCUT2D eigenvalue weighted by molar-refractivity contribution is 6.07. The summed E-state index contributed by atoms with van der Waals surface area (Å²) in [6.45, 7) is 3.97. The average molecular weight is 426 g/mol. The van der Waals surface area contributed by atoms with Gasteiger partial charge in [-0.3, -0.25) is 4.79 Å². The van der Waals surface area contributed by atoms with Gasteiger partial charge >= 0.3 is 0 Å². The van der Waals surface area contributed by atoms with Crippen molar-refractivity contribution in [1.82, 2.24) is 0 Å². The maximum Gasteiger partial charge on any atom is 0.187 e. The van der Waals surface area contributed by atoms with Gasteiger partial charge in [0, 0.05) is 12.2 Å². The number of hydrogen-bond donors (Lipinski definition) is 6. The largest absolute Gasteiger partial charge is 0.396 e. The summed E-state index contributed by atoms with van der Waals surface area (Å²) in [4.78, 5) is 13.3. The van der Waals surface area contributed by atoms with Crippen molar-refractivity contribution in [3.05, 3.63) is 33.9 Å². The number of Topliss-reactive ketones (excluding diaryl/α,β-unsaturated/α-hetero) is 1. The Balaban J connectivity index is 2.04. The monoisotopic (exact) mass is 426 g/mol. The van der Waals surface area contributed by atoms with Crippen LogP contribution in [0.2, 0.25) is 0 Å². The van der Waals surface area contributed by atoms with Crippen LogP contribution in [0.15, 0.2) is 6.07 Å². The molecule has 1 aliphatic carbocycles. The molecule has 0 spiro atoms. The van der Waals surface area contributed by atoms with Gasteiger partial charge in [-0.2, -0.15) is 0 Å². The second-order valence-corrected chi connectivity index (χ2v) is 8.35. The van der Waals surface area contributed by atoms with Crippen LogP contribution in [0.3, 0.4) is 0 Å². The first-order valence-corrected chi connectivity index (χ1v) is 9.97. The van der Waals surface area contributed by atoms with Crippen LogP contribution in [-0.2, 0) is 15.9 Å². The van der Waals surface area contributed by atoms with E-state index in [1.807, 2.05) is 6.92 Å². The number of carbonyl (C=O) groups excluding carboxylic acids is 1. The minimum atomic E-state index is -1.62. The van der Waals surface area contributed by atoms with Crippen LogP contribution in [0, 0.1) is 19.3 Å². The number of aliphatic hydroxyl groups excluding tert-OH is 6. The number of fused-ring (bicyclic) bond motifs is 1. The molecule has 9 nitrogen and oxygen atoms in total. The molecule has 1 fully saturated rings. The number of benzene rings is 1. The second kappa shape index (κ2) is 8.60. The van der Waals surface area contributed by atoms with Gasteiger partial charge in [0.2, 0.25) is 0 Å². The van der Waals surface area contributed by atoms with E-state index >= 15 is 0 Å². The molecule has 9 heteroatoms. The van der Waals surface area contributed by atoms with Gasteiger partial charge in [0.15, 0.2) is 12.1 Å². The molecule has 1 aromatic rings. The van der Waals surface area contributed by atoms with Gasteiger partial charge in [-0.05, 0) is 49.4 Å². The van der Waals surface area contributed by atoms with E-state index in [2.05, 4.69) is 0 Å². The van der Waals surface area contributed by atoms with Crippen molar-refractivity contribution >= 4 is 5.78 Å². The predicted molar refractivity (Wildman–Crippen MR) is 104 cm³/mol. The quantitative estimate of drug-likeness (QED) is 0.332. The first-order chi connectivity index (χ1) is 14.1. The smallest absolute Gasteiger partial charge is 0.187 e. The molecule has 0 unspecified atom stereocenters. The van der Waals surface area contributed by atoms with Crippen molar-refractivity contribution < 1.29 is 44.9 Å². The summed E-state index contributed by atoms with van der Waals surface area (Å²) >= 11 is 0. The van der Waals surface area contributed by atoms with Gasteiger partial charge in [0.05, 0.1) is 18.6 Å². The van der Waals surface area contributed by atoms with Gasteiger partial charge in [0.1, 0.15) is 30.5 Å². The number of rotatable bonds is 6. The third-order valence-corrected chi connectivity index (χ3v) is 6.38. The summed E-state index contributed by atoms with van der Waals surface area (Å²) in [5.74, 6) is -0.328. The molecule has 0 aromatic heterocycles.